The fourth-order valence-electron chi connectivity index (χ4n) is 3.17. The van der Waals surface area contributed by atoms with Crippen molar-refractivity contribution in [3.63, 3.8) is 0 Å². The molecule has 1 aliphatic heterocycles. The number of hydrogen-bond acceptors (Lipinski definition) is 5. The zero-order chi connectivity index (χ0) is 19.5. The smallest absolute Gasteiger partial charge is 0.271 e. The molecule has 1 amide bonds. The molecule has 0 spiro atoms. The lowest BCUT2D eigenvalue weighted by Gasteiger charge is -2.35. The van der Waals surface area contributed by atoms with Crippen molar-refractivity contribution in [3.05, 3.63) is 81.9 Å². The molecular formula is C20H18ClN5O2. The van der Waals surface area contributed by atoms with Gasteiger partial charge in [0.1, 0.15) is 5.82 Å². The Labute approximate surface area is 166 Å². The third-order valence-corrected chi connectivity index (χ3v) is 4.87. The third kappa shape index (κ3) is 3.75. The van der Waals surface area contributed by atoms with Gasteiger partial charge in [-0.15, -0.1) is 5.10 Å². The summed E-state index contributed by atoms with van der Waals surface area (Å²) in [5.74, 6) is 0.664. The van der Waals surface area contributed by atoms with Crippen LogP contribution >= 0.6 is 11.6 Å². The minimum Gasteiger partial charge on any atom is -0.352 e. The number of nitrogens with zero attached hydrogens (tertiary/aromatic N) is 5. The van der Waals surface area contributed by atoms with Gasteiger partial charge in [0, 0.05) is 49.7 Å². The minimum atomic E-state index is -0.226. The molecule has 142 valence electrons. The molecule has 1 saturated heterocycles. The Morgan fingerprint density at radius 3 is 2.54 bits per heavy atom. The zero-order valence-electron chi connectivity index (χ0n) is 15.0. The van der Waals surface area contributed by atoms with Crippen molar-refractivity contribution < 1.29 is 4.79 Å². The third-order valence-electron chi connectivity index (χ3n) is 4.64. The molecule has 4 rings (SSSR count). The van der Waals surface area contributed by atoms with Crippen LogP contribution in [0.3, 0.4) is 0 Å². The maximum atomic E-state index is 12.6. The lowest BCUT2D eigenvalue weighted by Crippen LogP contribution is -2.49. The number of benzene rings is 1. The van der Waals surface area contributed by atoms with Crippen LogP contribution in [0, 0.1) is 0 Å². The number of anilines is 1. The number of pyridine rings is 1. The summed E-state index contributed by atoms with van der Waals surface area (Å²) in [6, 6.07) is 13.7. The summed E-state index contributed by atoms with van der Waals surface area (Å²) >= 11 is 6.04. The van der Waals surface area contributed by atoms with Crippen LogP contribution in [0.1, 0.15) is 10.4 Å². The molecule has 7 nitrogen and oxygen atoms in total. The SMILES string of the molecule is O=C(c1cccnc1)N1CCN(c2ccc(=O)n(-c3cccc(Cl)c3)n2)CC1. The van der Waals surface area contributed by atoms with E-state index in [0.29, 0.717) is 48.3 Å². The van der Waals surface area contributed by atoms with Gasteiger partial charge < -0.3 is 9.80 Å². The predicted molar refractivity (Wildman–Crippen MR) is 107 cm³/mol. The highest BCUT2D eigenvalue weighted by Crippen LogP contribution is 2.16. The fourth-order valence-corrected chi connectivity index (χ4v) is 3.36. The number of carbonyl (C=O) groups is 1. The molecule has 1 fully saturated rings. The average molecular weight is 396 g/mol. The Morgan fingerprint density at radius 2 is 1.82 bits per heavy atom. The average Bonchev–Trinajstić information content (AvgIpc) is 2.74. The number of aromatic nitrogens is 3. The minimum absolute atomic E-state index is 0.0235. The first-order valence-corrected chi connectivity index (χ1v) is 9.30. The van der Waals surface area contributed by atoms with Crippen molar-refractivity contribution in [1.29, 1.82) is 0 Å². The van der Waals surface area contributed by atoms with E-state index in [4.69, 9.17) is 11.6 Å². The van der Waals surface area contributed by atoms with Crippen molar-refractivity contribution >= 4 is 23.3 Å². The quantitative estimate of drug-likeness (QED) is 0.680. The summed E-state index contributed by atoms with van der Waals surface area (Å²) < 4.78 is 1.34. The number of piperazine rings is 1. The molecule has 0 radical (unpaired) electrons. The topological polar surface area (TPSA) is 71.3 Å². The first-order valence-electron chi connectivity index (χ1n) is 8.92. The standard InChI is InChI=1S/C20H18ClN5O2/c21-16-4-1-5-17(13-16)26-19(27)7-6-18(23-26)24-9-11-25(12-10-24)20(28)15-3-2-8-22-14-15/h1-8,13-14H,9-12H2. The van der Waals surface area contributed by atoms with Crippen LogP contribution in [-0.4, -0.2) is 51.8 Å². The zero-order valence-corrected chi connectivity index (χ0v) is 15.8. The van der Waals surface area contributed by atoms with Gasteiger partial charge in [0.05, 0.1) is 11.3 Å². The second kappa shape index (κ2) is 7.82. The van der Waals surface area contributed by atoms with Gasteiger partial charge in [-0.25, -0.2) is 0 Å². The van der Waals surface area contributed by atoms with Crippen molar-refractivity contribution in [1.82, 2.24) is 19.7 Å². The molecule has 3 heterocycles. The van der Waals surface area contributed by atoms with Gasteiger partial charge in [-0.05, 0) is 36.4 Å². The van der Waals surface area contributed by atoms with Crippen molar-refractivity contribution in [2.45, 2.75) is 0 Å². The van der Waals surface area contributed by atoms with Crippen LogP contribution in [-0.2, 0) is 0 Å². The highest BCUT2D eigenvalue weighted by Gasteiger charge is 2.23. The first-order chi connectivity index (χ1) is 13.6. The predicted octanol–water partition coefficient (Wildman–Crippen LogP) is 2.24. The van der Waals surface area contributed by atoms with Crippen molar-refractivity contribution in [2.24, 2.45) is 0 Å². The molecule has 0 saturated carbocycles. The van der Waals surface area contributed by atoms with E-state index in [1.165, 1.54) is 10.7 Å². The van der Waals surface area contributed by atoms with E-state index in [9.17, 15) is 9.59 Å². The van der Waals surface area contributed by atoms with Crippen molar-refractivity contribution in [3.8, 4) is 5.69 Å². The molecule has 0 atom stereocenters. The molecular weight excluding hydrogens is 378 g/mol. The first kappa shape index (κ1) is 18.2. The van der Waals surface area contributed by atoms with E-state index in [-0.39, 0.29) is 11.5 Å². The van der Waals surface area contributed by atoms with Crippen LogP contribution in [0.2, 0.25) is 5.02 Å². The van der Waals surface area contributed by atoms with Gasteiger partial charge in [0.2, 0.25) is 0 Å². The maximum absolute atomic E-state index is 12.6. The Morgan fingerprint density at radius 1 is 1.00 bits per heavy atom. The van der Waals surface area contributed by atoms with Gasteiger partial charge in [-0.2, -0.15) is 4.68 Å². The van der Waals surface area contributed by atoms with E-state index >= 15 is 0 Å². The molecule has 0 bridgehead atoms. The maximum Gasteiger partial charge on any atom is 0.271 e. The van der Waals surface area contributed by atoms with Gasteiger partial charge in [-0.3, -0.25) is 14.6 Å². The monoisotopic (exact) mass is 395 g/mol. The fraction of sp³-hybridized carbons (Fsp3) is 0.200. The number of halogens is 1. The Balaban J connectivity index is 1.50. The van der Waals surface area contributed by atoms with Gasteiger partial charge in [-0.1, -0.05) is 17.7 Å². The number of amides is 1. The second-order valence-electron chi connectivity index (χ2n) is 6.44. The van der Waals surface area contributed by atoms with E-state index in [2.05, 4.69) is 15.0 Å². The van der Waals surface area contributed by atoms with E-state index in [1.54, 1.807) is 59.8 Å². The number of hydrogen-bond donors (Lipinski definition) is 0. The second-order valence-corrected chi connectivity index (χ2v) is 6.88. The number of rotatable bonds is 3. The molecule has 0 aliphatic carbocycles. The van der Waals surface area contributed by atoms with E-state index in [1.807, 2.05) is 0 Å². The summed E-state index contributed by atoms with van der Waals surface area (Å²) in [6.07, 6.45) is 3.23. The largest absolute Gasteiger partial charge is 0.352 e. The summed E-state index contributed by atoms with van der Waals surface area (Å²) in [4.78, 5) is 32.7. The van der Waals surface area contributed by atoms with E-state index < -0.39 is 0 Å². The lowest BCUT2D eigenvalue weighted by molar-refractivity contribution is 0.0746. The molecule has 0 unspecified atom stereocenters. The van der Waals surface area contributed by atoms with Gasteiger partial charge in [0.25, 0.3) is 11.5 Å². The molecule has 8 heteroatoms. The number of carbonyl (C=O) groups excluding carboxylic acids is 1. The highest BCUT2D eigenvalue weighted by atomic mass is 35.5. The molecule has 2 aromatic heterocycles. The van der Waals surface area contributed by atoms with Crippen LogP contribution in [0.25, 0.3) is 5.69 Å². The summed E-state index contributed by atoms with van der Waals surface area (Å²) in [7, 11) is 0. The van der Waals surface area contributed by atoms with Crippen LogP contribution < -0.4 is 10.5 Å². The lowest BCUT2D eigenvalue weighted by atomic mass is 10.2. The van der Waals surface area contributed by atoms with E-state index in [0.717, 1.165) is 0 Å². The van der Waals surface area contributed by atoms with Crippen molar-refractivity contribution in [2.75, 3.05) is 31.1 Å². The summed E-state index contributed by atoms with van der Waals surface area (Å²) in [6.45, 7) is 2.41. The molecule has 28 heavy (non-hydrogen) atoms. The molecule has 3 aromatic rings. The summed E-state index contributed by atoms with van der Waals surface area (Å²) in [5, 5.41) is 5.03. The van der Waals surface area contributed by atoms with Crippen LogP contribution in [0.15, 0.2) is 65.7 Å². The van der Waals surface area contributed by atoms with Crippen LogP contribution in [0.4, 0.5) is 5.82 Å². The molecule has 1 aliphatic rings. The molecule has 0 N–H and O–H groups in total. The van der Waals surface area contributed by atoms with Gasteiger partial charge in [0.15, 0.2) is 0 Å². The summed E-state index contributed by atoms with van der Waals surface area (Å²) in [5.41, 5.74) is 0.977. The normalized spacial score (nSPS) is 14.2. The van der Waals surface area contributed by atoms with Gasteiger partial charge >= 0.3 is 0 Å². The molecule has 1 aromatic carbocycles. The van der Waals surface area contributed by atoms with Crippen LogP contribution in [0.5, 0.6) is 0 Å². The Hall–Kier alpha value is -3.19. The highest BCUT2D eigenvalue weighted by molar-refractivity contribution is 6.30. The Kier molecular flexibility index (Phi) is 5.08. The Bertz CT molecular complexity index is 1050.